The van der Waals surface area contributed by atoms with Crippen molar-refractivity contribution in [3.63, 3.8) is 0 Å². The van der Waals surface area contributed by atoms with Crippen LogP contribution in [0.1, 0.15) is 20.8 Å². The van der Waals surface area contributed by atoms with Crippen LogP contribution in [0.25, 0.3) is 10.2 Å². The van der Waals surface area contributed by atoms with Gasteiger partial charge in [-0.05, 0) is 29.6 Å². The highest BCUT2D eigenvalue weighted by Gasteiger charge is 2.15. The number of aromatic amines is 1. The van der Waals surface area contributed by atoms with Gasteiger partial charge in [0.15, 0.2) is 0 Å². The van der Waals surface area contributed by atoms with Gasteiger partial charge in [-0.3, -0.25) is 4.79 Å². The molecule has 1 amide bonds. The van der Waals surface area contributed by atoms with E-state index in [4.69, 9.17) is 4.74 Å². The van der Waals surface area contributed by atoms with E-state index < -0.39 is 5.97 Å². The van der Waals surface area contributed by atoms with E-state index in [2.05, 4.69) is 10.3 Å². The number of hydrogen-bond donors (Lipinski definition) is 2. The van der Waals surface area contributed by atoms with Crippen molar-refractivity contribution in [3.8, 4) is 0 Å². The number of benzene rings is 1. The van der Waals surface area contributed by atoms with Crippen LogP contribution in [0.3, 0.4) is 0 Å². The maximum Gasteiger partial charge on any atom is 0.339 e. The average molecular weight is 300 g/mol. The number of esters is 1. The highest BCUT2D eigenvalue weighted by atomic mass is 32.1. The van der Waals surface area contributed by atoms with Crippen LogP contribution in [-0.2, 0) is 4.74 Å². The van der Waals surface area contributed by atoms with Crippen molar-refractivity contribution in [1.29, 1.82) is 0 Å². The number of carbonyl (C=O) groups excluding carboxylic acids is 2. The van der Waals surface area contributed by atoms with Gasteiger partial charge in [-0.15, -0.1) is 11.3 Å². The van der Waals surface area contributed by atoms with E-state index in [1.807, 2.05) is 11.4 Å². The van der Waals surface area contributed by atoms with E-state index in [0.29, 0.717) is 16.9 Å². The summed E-state index contributed by atoms with van der Waals surface area (Å²) in [7, 11) is 1.31. The van der Waals surface area contributed by atoms with Crippen LogP contribution < -0.4 is 5.32 Å². The van der Waals surface area contributed by atoms with Crippen molar-refractivity contribution in [2.45, 2.75) is 0 Å². The van der Waals surface area contributed by atoms with Gasteiger partial charge in [0.25, 0.3) is 5.91 Å². The summed E-state index contributed by atoms with van der Waals surface area (Å²) in [5, 5.41) is 4.68. The first-order valence-corrected chi connectivity index (χ1v) is 7.12. The predicted molar refractivity (Wildman–Crippen MR) is 81.9 cm³/mol. The first kappa shape index (κ1) is 13.4. The lowest BCUT2D eigenvalue weighted by molar-refractivity contribution is 0.0602. The van der Waals surface area contributed by atoms with Gasteiger partial charge in [-0.2, -0.15) is 0 Å². The Morgan fingerprint density at radius 1 is 1.24 bits per heavy atom. The molecule has 2 aromatic heterocycles. The summed E-state index contributed by atoms with van der Waals surface area (Å²) in [4.78, 5) is 27.0. The minimum Gasteiger partial charge on any atom is -0.465 e. The molecule has 1 aromatic carbocycles. The molecule has 0 unspecified atom stereocenters. The Morgan fingerprint density at radius 3 is 2.81 bits per heavy atom. The standard InChI is InChI=1S/C15H12N2O3S/c1-20-15(19)9-4-2-3-5-10(9)17-14(18)12-8-13-11(16-12)6-7-21-13/h2-8,16H,1H3,(H,17,18). The van der Waals surface area contributed by atoms with E-state index >= 15 is 0 Å². The summed E-state index contributed by atoms with van der Waals surface area (Å²) in [5.41, 5.74) is 2.12. The Kier molecular flexibility index (Phi) is 3.45. The summed E-state index contributed by atoms with van der Waals surface area (Å²) in [6.45, 7) is 0. The van der Waals surface area contributed by atoms with Crippen LogP contribution in [0.4, 0.5) is 5.69 Å². The summed E-state index contributed by atoms with van der Waals surface area (Å²) in [6, 6.07) is 10.4. The van der Waals surface area contributed by atoms with Crippen molar-refractivity contribution < 1.29 is 14.3 Å². The first-order chi connectivity index (χ1) is 10.2. The van der Waals surface area contributed by atoms with Crippen molar-refractivity contribution >= 4 is 39.1 Å². The third-order valence-corrected chi connectivity index (χ3v) is 3.93. The van der Waals surface area contributed by atoms with Gasteiger partial charge in [0.2, 0.25) is 0 Å². The molecule has 0 saturated carbocycles. The number of anilines is 1. The lowest BCUT2D eigenvalue weighted by Crippen LogP contribution is -2.15. The zero-order valence-corrected chi connectivity index (χ0v) is 12.0. The second-order valence-corrected chi connectivity index (χ2v) is 5.32. The third-order valence-electron chi connectivity index (χ3n) is 3.07. The molecule has 5 nitrogen and oxygen atoms in total. The molecule has 21 heavy (non-hydrogen) atoms. The molecule has 2 heterocycles. The number of ether oxygens (including phenoxy) is 1. The fraction of sp³-hybridized carbons (Fsp3) is 0.0667. The molecule has 0 aliphatic heterocycles. The molecule has 0 fully saturated rings. The second-order valence-electron chi connectivity index (χ2n) is 4.37. The summed E-state index contributed by atoms with van der Waals surface area (Å²) < 4.78 is 5.72. The van der Waals surface area contributed by atoms with E-state index in [1.54, 1.807) is 41.7 Å². The zero-order chi connectivity index (χ0) is 14.8. The molecule has 0 atom stereocenters. The largest absolute Gasteiger partial charge is 0.465 e. The third kappa shape index (κ3) is 2.53. The molecular formula is C15H12N2O3S. The quantitative estimate of drug-likeness (QED) is 0.729. The van der Waals surface area contributed by atoms with Gasteiger partial charge >= 0.3 is 5.97 Å². The minimum atomic E-state index is -0.488. The van der Waals surface area contributed by atoms with E-state index in [9.17, 15) is 9.59 Å². The molecule has 0 spiro atoms. The van der Waals surface area contributed by atoms with Crippen molar-refractivity contribution in [1.82, 2.24) is 4.98 Å². The molecule has 2 N–H and O–H groups in total. The molecule has 6 heteroatoms. The fourth-order valence-corrected chi connectivity index (χ4v) is 2.82. The lowest BCUT2D eigenvalue weighted by atomic mass is 10.1. The molecule has 0 aliphatic rings. The van der Waals surface area contributed by atoms with Gasteiger partial charge < -0.3 is 15.0 Å². The first-order valence-electron chi connectivity index (χ1n) is 6.24. The fourth-order valence-electron chi connectivity index (χ4n) is 2.04. The second kappa shape index (κ2) is 5.41. The molecule has 0 saturated heterocycles. The minimum absolute atomic E-state index is 0.297. The van der Waals surface area contributed by atoms with E-state index in [1.165, 1.54) is 7.11 Å². The predicted octanol–water partition coefficient (Wildman–Crippen LogP) is 3.27. The van der Waals surface area contributed by atoms with Crippen molar-refractivity contribution in [2.24, 2.45) is 0 Å². The summed E-state index contributed by atoms with van der Waals surface area (Å²) in [5.74, 6) is -0.784. The SMILES string of the molecule is COC(=O)c1ccccc1NC(=O)c1cc2sccc2[nH]1. The Balaban J connectivity index is 1.88. The maximum atomic E-state index is 12.3. The van der Waals surface area contributed by atoms with Crippen LogP contribution in [0.15, 0.2) is 41.8 Å². The van der Waals surface area contributed by atoms with Gasteiger partial charge in [-0.25, -0.2) is 4.79 Å². The van der Waals surface area contributed by atoms with Crippen LogP contribution in [0.5, 0.6) is 0 Å². The van der Waals surface area contributed by atoms with E-state index in [-0.39, 0.29) is 5.91 Å². The van der Waals surface area contributed by atoms with Gasteiger partial charge in [0.1, 0.15) is 5.69 Å². The monoisotopic (exact) mass is 300 g/mol. The Labute approximate surface area is 124 Å². The number of fused-ring (bicyclic) bond motifs is 1. The van der Waals surface area contributed by atoms with E-state index in [0.717, 1.165) is 10.2 Å². The zero-order valence-electron chi connectivity index (χ0n) is 11.2. The number of para-hydroxylation sites is 1. The number of carbonyl (C=O) groups is 2. The van der Waals surface area contributed by atoms with Gasteiger partial charge in [0, 0.05) is 0 Å². The Bertz CT molecular complexity index is 791. The highest BCUT2D eigenvalue weighted by molar-refractivity contribution is 7.17. The summed E-state index contributed by atoms with van der Waals surface area (Å²) in [6.07, 6.45) is 0. The number of methoxy groups -OCH3 is 1. The van der Waals surface area contributed by atoms with Crippen molar-refractivity contribution in [2.75, 3.05) is 12.4 Å². The Morgan fingerprint density at radius 2 is 2.05 bits per heavy atom. The lowest BCUT2D eigenvalue weighted by Gasteiger charge is -2.08. The van der Waals surface area contributed by atoms with Crippen LogP contribution >= 0.6 is 11.3 Å². The number of hydrogen-bond acceptors (Lipinski definition) is 4. The number of H-pyrrole nitrogens is 1. The maximum absolute atomic E-state index is 12.3. The topological polar surface area (TPSA) is 71.2 Å². The van der Waals surface area contributed by atoms with Gasteiger partial charge in [0.05, 0.1) is 28.6 Å². The summed E-state index contributed by atoms with van der Waals surface area (Å²) >= 11 is 1.56. The smallest absolute Gasteiger partial charge is 0.339 e. The molecule has 0 bridgehead atoms. The van der Waals surface area contributed by atoms with Crippen LogP contribution in [-0.4, -0.2) is 24.0 Å². The average Bonchev–Trinajstić information content (AvgIpc) is 3.08. The molecule has 106 valence electrons. The normalized spacial score (nSPS) is 10.5. The number of rotatable bonds is 3. The molecular weight excluding hydrogens is 288 g/mol. The molecule has 3 rings (SSSR count). The molecule has 3 aromatic rings. The number of nitrogens with one attached hydrogen (secondary N) is 2. The van der Waals surface area contributed by atoms with Crippen molar-refractivity contribution in [3.05, 3.63) is 53.0 Å². The van der Waals surface area contributed by atoms with Crippen LogP contribution in [0.2, 0.25) is 0 Å². The molecule has 0 aliphatic carbocycles. The van der Waals surface area contributed by atoms with Crippen LogP contribution in [0, 0.1) is 0 Å². The number of amides is 1. The molecule has 0 radical (unpaired) electrons. The number of thiophene rings is 1. The van der Waals surface area contributed by atoms with Gasteiger partial charge in [-0.1, -0.05) is 12.1 Å². The highest BCUT2D eigenvalue weighted by Crippen LogP contribution is 2.22. The number of aromatic nitrogens is 1. The Hall–Kier alpha value is -2.60.